The summed E-state index contributed by atoms with van der Waals surface area (Å²) in [5.41, 5.74) is 6.00. The van der Waals surface area contributed by atoms with Crippen LogP contribution in [0.25, 0.3) is 0 Å². The second kappa shape index (κ2) is 6.39. The van der Waals surface area contributed by atoms with Gasteiger partial charge >= 0.3 is 5.97 Å². The van der Waals surface area contributed by atoms with E-state index in [9.17, 15) is 4.79 Å². The van der Waals surface area contributed by atoms with Gasteiger partial charge in [0, 0.05) is 12.1 Å². The number of rotatable bonds is 7. The highest BCUT2D eigenvalue weighted by Gasteiger charge is 2.21. The van der Waals surface area contributed by atoms with Crippen molar-refractivity contribution in [3.63, 3.8) is 0 Å². The lowest BCUT2D eigenvalue weighted by molar-refractivity contribution is 0.0519. The third-order valence-corrected chi connectivity index (χ3v) is 2.99. The Morgan fingerprint density at radius 2 is 2.17 bits per heavy atom. The second-order valence-electron chi connectivity index (χ2n) is 4.18. The Balaban J connectivity index is 2.57. The van der Waals surface area contributed by atoms with Gasteiger partial charge in [0.1, 0.15) is 6.26 Å². The van der Waals surface area contributed by atoms with Gasteiger partial charge in [-0.15, -0.1) is 0 Å². The molecular weight excluding hydrogens is 234 g/mol. The van der Waals surface area contributed by atoms with E-state index in [-0.39, 0.29) is 17.2 Å². The van der Waals surface area contributed by atoms with Crippen LogP contribution in [0.15, 0.2) is 10.7 Å². The topological polar surface area (TPSA) is 90.4 Å². The molecule has 1 rings (SSSR count). The molecule has 102 valence electrons. The highest BCUT2D eigenvalue weighted by molar-refractivity contribution is 5.87. The Bertz CT molecular complexity index is 386. The van der Waals surface area contributed by atoms with Crippen molar-refractivity contribution in [1.82, 2.24) is 4.98 Å². The van der Waals surface area contributed by atoms with Crippen molar-refractivity contribution in [3.8, 4) is 0 Å². The van der Waals surface area contributed by atoms with Crippen molar-refractivity contribution in [2.24, 2.45) is 5.73 Å². The van der Waals surface area contributed by atoms with E-state index in [1.165, 1.54) is 6.26 Å². The van der Waals surface area contributed by atoms with Gasteiger partial charge in [0.15, 0.2) is 5.69 Å². The van der Waals surface area contributed by atoms with Crippen LogP contribution in [0, 0.1) is 0 Å². The van der Waals surface area contributed by atoms with Crippen LogP contribution in [0.4, 0.5) is 6.01 Å². The Hall–Kier alpha value is -1.56. The maximum Gasteiger partial charge on any atom is 0.360 e. The predicted molar refractivity (Wildman–Crippen MR) is 68.4 cm³/mol. The predicted octanol–water partition coefficient (Wildman–Crippen LogP) is 1.78. The Morgan fingerprint density at radius 3 is 2.72 bits per heavy atom. The van der Waals surface area contributed by atoms with E-state index >= 15 is 0 Å². The molecule has 3 N–H and O–H groups in total. The van der Waals surface area contributed by atoms with Crippen molar-refractivity contribution in [3.05, 3.63) is 12.0 Å². The minimum absolute atomic E-state index is 0.162. The number of aromatic nitrogens is 1. The van der Waals surface area contributed by atoms with Gasteiger partial charge in [-0.25, -0.2) is 4.79 Å². The summed E-state index contributed by atoms with van der Waals surface area (Å²) in [6.45, 7) is 6.66. The summed E-state index contributed by atoms with van der Waals surface area (Å²) < 4.78 is 9.95. The average Bonchev–Trinajstić information content (AvgIpc) is 2.85. The summed E-state index contributed by atoms with van der Waals surface area (Å²) in [4.78, 5) is 15.4. The summed E-state index contributed by atoms with van der Waals surface area (Å²) in [5.74, 6) is -0.487. The van der Waals surface area contributed by atoms with Crippen molar-refractivity contribution in [1.29, 1.82) is 0 Å². The molecule has 1 heterocycles. The molecule has 0 bridgehead atoms. The minimum Gasteiger partial charge on any atom is -0.461 e. The normalized spacial score (nSPS) is 11.3. The number of ether oxygens (including phenoxy) is 1. The molecule has 0 spiro atoms. The van der Waals surface area contributed by atoms with Gasteiger partial charge < -0.3 is 20.2 Å². The quantitative estimate of drug-likeness (QED) is 0.722. The minimum atomic E-state index is -0.487. The molecule has 0 radical (unpaired) electrons. The average molecular weight is 255 g/mol. The molecule has 1 aromatic rings. The van der Waals surface area contributed by atoms with E-state index in [0.29, 0.717) is 13.2 Å². The monoisotopic (exact) mass is 255 g/mol. The zero-order valence-electron chi connectivity index (χ0n) is 11.2. The third kappa shape index (κ3) is 3.73. The first-order chi connectivity index (χ1) is 8.54. The fourth-order valence-electron chi connectivity index (χ4n) is 1.41. The molecule has 0 saturated heterocycles. The van der Waals surface area contributed by atoms with Crippen LogP contribution < -0.4 is 11.1 Å². The lowest BCUT2D eigenvalue weighted by Crippen LogP contribution is -2.45. The summed E-state index contributed by atoms with van der Waals surface area (Å²) in [6, 6.07) is 0.287. The second-order valence-corrected chi connectivity index (χ2v) is 4.18. The van der Waals surface area contributed by atoms with E-state index in [1.54, 1.807) is 6.92 Å². The molecule has 0 aliphatic carbocycles. The molecule has 0 amide bonds. The lowest BCUT2D eigenvalue weighted by atomic mass is 9.94. The standard InChI is InChI=1S/C12H21N3O3/c1-4-12(13,5-2)8-14-11-15-9(7-18-11)10(16)17-6-3/h7H,4-6,8,13H2,1-3H3,(H,14,15). The number of hydrogen-bond donors (Lipinski definition) is 2. The molecule has 0 saturated carbocycles. The molecule has 0 unspecified atom stereocenters. The number of nitrogens with two attached hydrogens (primary N) is 1. The Labute approximate surface area is 107 Å². The Kier molecular flexibility index (Phi) is 5.15. The fourth-order valence-corrected chi connectivity index (χ4v) is 1.41. The van der Waals surface area contributed by atoms with Crippen LogP contribution >= 0.6 is 0 Å². The number of oxazole rings is 1. The number of anilines is 1. The number of carbonyl (C=O) groups is 1. The Morgan fingerprint density at radius 1 is 1.50 bits per heavy atom. The number of nitrogens with zero attached hydrogens (tertiary/aromatic N) is 1. The maximum absolute atomic E-state index is 11.4. The number of esters is 1. The van der Waals surface area contributed by atoms with Crippen molar-refractivity contribution < 1.29 is 13.9 Å². The summed E-state index contributed by atoms with van der Waals surface area (Å²) in [5, 5.41) is 2.99. The van der Waals surface area contributed by atoms with Crippen molar-refractivity contribution in [2.45, 2.75) is 39.2 Å². The summed E-state index contributed by atoms with van der Waals surface area (Å²) >= 11 is 0. The molecule has 0 fully saturated rings. The molecule has 0 aliphatic rings. The molecule has 0 aromatic carbocycles. The largest absolute Gasteiger partial charge is 0.461 e. The number of carbonyl (C=O) groups excluding carboxylic acids is 1. The van der Waals surface area contributed by atoms with Gasteiger partial charge in [0.2, 0.25) is 0 Å². The first-order valence-corrected chi connectivity index (χ1v) is 6.20. The van der Waals surface area contributed by atoms with Crippen LogP contribution in [0.3, 0.4) is 0 Å². The van der Waals surface area contributed by atoms with Gasteiger partial charge in [-0.1, -0.05) is 13.8 Å². The molecule has 6 heteroatoms. The highest BCUT2D eigenvalue weighted by atomic mass is 16.5. The van der Waals surface area contributed by atoms with Crippen molar-refractivity contribution >= 4 is 12.0 Å². The molecule has 6 nitrogen and oxygen atoms in total. The zero-order chi connectivity index (χ0) is 13.6. The van der Waals surface area contributed by atoms with Gasteiger partial charge in [0.25, 0.3) is 6.01 Å². The van der Waals surface area contributed by atoms with E-state index in [1.807, 2.05) is 13.8 Å². The van der Waals surface area contributed by atoms with Crippen LogP contribution in [0.2, 0.25) is 0 Å². The molecular formula is C12H21N3O3. The van der Waals surface area contributed by atoms with Crippen LogP contribution in [-0.2, 0) is 4.74 Å². The molecule has 1 aromatic heterocycles. The number of nitrogens with one attached hydrogen (secondary N) is 1. The maximum atomic E-state index is 11.4. The molecule has 0 aliphatic heterocycles. The van der Waals surface area contributed by atoms with E-state index < -0.39 is 5.97 Å². The van der Waals surface area contributed by atoms with Gasteiger partial charge in [-0.3, -0.25) is 0 Å². The first kappa shape index (κ1) is 14.5. The van der Waals surface area contributed by atoms with Gasteiger partial charge in [0.05, 0.1) is 6.61 Å². The zero-order valence-corrected chi connectivity index (χ0v) is 11.2. The van der Waals surface area contributed by atoms with Gasteiger partial charge in [-0.2, -0.15) is 4.98 Å². The molecule has 0 atom stereocenters. The third-order valence-electron chi connectivity index (χ3n) is 2.99. The van der Waals surface area contributed by atoms with Crippen LogP contribution in [-0.4, -0.2) is 29.6 Å². The summed E-state index contributed by atoms with van der Waals surface area (Å²) in [7, 11) is 0. The van der Waals surface area contributed by atoms with Crippen LogP contribution in [0.1, 0.15) is 44.1 Å². The smallest absolute Gasteiger partial charge is 0.360 e. The lowest BCUT2D eigenvalue weighted by Gasteiger charge is -2.26. The van der Waals surface area contributed by atoms with Crippen LogP contribution in [0.5, 0.6) is 0 Å². The van der Waals surface area contributed by atoms with E-state index in [2.05, 4.69) is 10.3 Å². The molecule has 18 heavy (non-hydrogen) atoms. The SMILES string of the molecule is CCOC(=O)c1coc(NCC(N)(CC)CC)n1. The summed E-state index contributed by atoms with van der Waals surface area (Å²) in [6.07, 6.45) is 2.97. The number of hydrogen-bond acceptors (Lipinski definition) is 6. The fraction of sp³-hybridized carbons (Fsp3) is 0.667. The highest BCUT2D eigenvalue weighted by Crippen LogP contribution is 2.14. The first-order valence-electron chi connectivity index (χ1n) is 6.20. The van der Waals surface area contributed by atoms with E-state index in [4.69, 9.17) is 14.9 Å². The van der Waals surface area contributed by atoms with Crippen molar-refractivity contribution in [2.75, 3.05) is 18.5 Å². The van der Waals surface area contributed by atoms with Gasteiger partial charge in [-0.05, 0) is 19.8 Å². The van der Waals surface area contributed by atoms with E-state index in [0.717, 1.165) is 12.8 Å².